The highest BCUT2D eigenvalue weighted by Gasteiger charge is 2.49. The number of carbonyl (C=O) groups is 1. The molecule has 124 valence electrons. The van der Waals surface area contributed by atoms with Crippen LogP contribution < -0.4 is 0 Å². The molecule has 4 heteroatoms. The molecule has 3 aromatic carbocycles. The Morgan fingerprint density at radius 3 is 2.40 bits per heavy atom. The Kier molecular flexibility index (Phi) is 3.35. The number of ether oxygens (including phenoxy) is 1. The van der Waals surface area contributed by atoms with E-state index in [0.29, 0.717) is 22.3 Å². The SMILES string of the molecule is Cc1ccc([C@@]2(c3ccc(F)cc3)OC(=O)c3ccccc32)c(O)c1. The van der Waals surface area contributed by atoms with E-state index in [2.05, 4.69) is 0 Å². The molecule has 0 saturated heterocycles. The summed E-state index contributed by atoms with van der Waals surface area (Å²) in [4.78, 5) is 12.5. The van der Waals surface area contributed by atoms with Crippen LogP contribution in [0.3, 0.4) is 0 Å². The second-order valence-corrected chi connectivity index (χ2v) is 6.14. The standard InChI is InChI=1S/C21H15FO3/c1-13-6-11-18(19(23)12-13)21(14-7-9-15(22)10-8-14)17-5-3-2-4-16(17)20(24)25-21/h2-12,23H,1H3/t21-/m0/s1. The van der Waals surface area contributed by atoms with Gasteiger partial charge in [0.2, 0.25) is 0 Å². The fraction of sp³-hybridized carbons (Fsp3) is 0.0952. The predicted molar refractivity (Wildman–Crippen MR) is 91.0 cm³/mol. The number of cyclic esters (lactones) is 1. The van der Waals surface area contributed by atoms with Crippen molar-refractivity contribution in [1.82, 2.24) is 0 Å². The second kappa shape index (κ2) is 5.45. The number of halogens is 1. The van der Waals surface area contributed by atoms with Crippen molar-refractivity contribution in [2.45, 2.75) is 12.5 Å². The molecule has 1 aliphatic heterocycles. The fourth-order valence-electron chi connectivity index (χ4n) is 3.41. The number of esters is 1. The average molecular weight is 334 g/mol. The number of phenols is 1. The van der Waals surface area contributed by atoms with Crippen LogP contribution in [-0.4, -0.2) is 11.1 Å². The van der Waals surface area contributed by atoms with Gasteiger partial charge in [-0.25, -0.2) is 9.18 Å². The van der Waals surface area contributed by atoms with Gasteiger partial charge in [-0.2, -0.15) is 0 Å². The van der Waals surface area contributed by atoms with E-state index in [1.807, 2.05) is 19.1 Å². The van der Waals surface area contributed by atoms with E-state index in [1.165, 1.54) is 12.1 Å². The van der Waals surface area contributed by atoms with Crippen LogP contribution in [0.1, 0.15) is 32.6 Å². The Bertz CT molecular complexity index is 979. The van der Waals surface area contributed by atoms with E-state index in [0.717, 1.165) is 5.56 Å². The summed E-state index contributed by atoms with van der Waals surface area (Å²) in [6.07, 6.45) is 0. The molecule has 0 bridgehead atoms. The molecule has 3 aromatic rings. The predicted octanol–water partition coefficient (Wildman–Crippen LogP) is 4.30. The highest BCUT2D eigenvalue weighted by molar-refractivity contribution is 5.96. The number of fused-ring (bicyclic) bond motifs is 1. The fourth-order valence-corrected chi connectivity index (χ4v) is 3.41. The Balaban J connectivity index is 2.07. The van der Waals surface area contributed by atoms with E-state index in [4.69, 9.17) is 4.74 Å². The normalized spacial score (nSPS) is 18.7. The number of hydrogen-bond donors (Lipinski definition) is 1. The van der Waals surface area contributed by atoms with Crippen LogP contribution >= 0.6 is 0 Å². The van der Waals surface area contributed by atoms with Gasteiger partial charge in [-0.1, -0.05) is 42.5 Å². The van der Waals surface area contributed by atoms with Crippen LogP contribution in [0.15, 0.2) is 66.7 Å². The number of benzene rings is 3. The lowest BCUT2D eigenvalue weighted by atomic mass is 9.79. The monoisotopic (exact) mass is 334 g/mol. The highest BCUT2D eigenvalue weighted by Crippen LogP contribution is 2.49. The zero-order chi connectivity index (χ0) is 17.6. The first-order valence-corrected chi connectivity index (χ1v) is 7.91. The molecule has 0 spiro atoms. The number of carbonyl (C=O) groups excluding carboxylic acids is 1. The summed E-state index contributed by atoms with van der Waals surface area (Å²) in [7, 11) is 0. The molecule has 0 radical (unpaired) electrons. The van der Waals surface area contributed by atoms with E-state index in [1.54, 1.807) is 42.5 Å². The van der Waals surface area contributed by atoms with Gasteiger partial charge in [0, 0.05) is 16.7 Å². The maximum atomic E-state index is 13.4. The summed E-state index contributed by atoms with van der Waals surface area (Å²) in [5, 5.41) is 10.6. The van der Waals surface area contributed by atoms with Crippen LogP contribution in [0.2, 0.25) is 0 Å². The summed E-state index contributed by atoms with van der Waals surface area (Å²) in [6, 6.07) is 18.0. The van der Waals surface area contributed by atoms with Gasteiger partial charge in [-0.15, -0.1) is 0 Å². The van der Waals surface area contributed by atoms with E-state index in [-0.39, 0.29) is 11.6 Å². The lowest BCUT2D eigenvalue weighted by molar-refractivity contribution is 0.0245. The number of hydrogen-bond acceptors (Lipinski definition) is 3. The van der Waals surface area contributed by atoms with Crippen LogP contribution in [-0.2, 0) is 10.3 Å². The Labute approximate surface area is 144 Å². The third-order valence-electron chi connectivity index (χ3n) is 4.56. The minimum Gasteiger partial charge on any atom is -0.507 e. The molecule has 0 aliphatic carbocycles. The molecule has 3 nitrogen and oxygen atoms in total. The Morgan fingerprint density at radius 1 is 0.960 bits per heavy atom. The molecule has 1 heterocycles. The Hall–Kier alpha value is -3.14. The van der Waals surface area contributed by atoms with Crippen molar-refractivity contribution in [3.05, 3.63) is 100 Å². The zero-order valence-electron chi connectivity index (χ0n) is 13.5. The lowest BCUT2D eigenvalue weighted by Gasteiger charge is -2.30. The summed E-state index contributed by atoms with van der Waals surface area (Å²) in [5.74, 6) is -0.835. The largest absolute Gasteiger partial charge is 0.507 e. The van der Waals surface area contributed by atoms with Crippen molar-refractivity contribution in [3.63, 3.8) is 0 Å². The Morgan fingerprint density at radius 2 is 1.68 bits per heavy atom. The van der Waals surface area contributed by atoms with Gasteiger partial charge in [0.1, 0.15) is 11.6 Å². The van der Waals surface area contributed by atoms with E-state index < -0.39 is 11.6 Å². The first-order valence-electron chi connectivity index (χ1n) is 7.91. The van der Waals surface area contributed by atoms with Crippen LogP contribution in [0.25, 0.3) is 0 Å². The van der Waals surface area contributed by atoms with Gasteiger partial charge >= 0.3 is 5.97 Å². The molecule has 0 amide bonds. The number of rotatable bonds is 2. The van der Waals surface area contributed by atoms with Crippen molar-refractivity contribution in [3.8, 4) is 5.75 Å². The first kappa shape index (κ1) is 15.4. The lowest BCUT2D eigenvalue weighted by Crippen LogP contribution is -2.29. The van der Waals surface area contributed by atoms with E-state index >= 15 is 0 Å². The maximum absolute atomic E-state index is 13.4. The topological polar surface area (TPSA) is 46.5 Å². The van der Waals surface area contributed by atoms with E-state index in [9.17, 15) is 14.3 Å². The van der Waals surface area contributed by atoms with Gasteiger partial charge in [0.15, 0.2) is 5.60 Å². The number of phenolic OH excluding ortho intramolecular Hbond substituents is 1. The van der Waals surface area contributed by atoms with Crippen LogP contribution in [0.4, 0.5) is 4.39 Å². The summed E-state index contributed by atoms with van der Waals surface area (Å²) in [5.41, 5.74) is 1.67. The smallest absolute Gasteiger partial charge is 0.340 e. The van der Waals surface area contributed by atoms with Crippen molar-refractivity contribution in [1.29, 1.82) is 0 Å². The molecule has 1 aliphatic rings. The maximum Gasteiger partial charge on any atom is 0.340 e. The first-order chi connectivity index (χ1) is 12.0. The van der Waals surface area contributed by atoms with Gasteiger partial charge in [-0.05, 0) is 36.8 Å². The van der Waals surface area contributed by atoms with Crippen LogP contribution in [0.5, 0.6) is 5.75 Å². The third kappa shape index (κ3) is 2.22. The quantitative estimate of drug-likeness (QED) is 0.711. The molecule has 4 rings (SSSR count). The number of aromatic hydroxyl groups is 1. The van der Waals surface area contributed by atoms with Crippen molar-refractivity contribution in [2.24, 2.45) is 0 Å². The molecule has 1 N–H and O–H groups in total. The number of aryl methyl sites for hydroxylation is 1. The summed E-state index contributed by atoms with van der Waals surface area (Å²) in [6.45, 7) is 1.86. The van der Waals surface area contributed by atoms with Gasteiger partial charge in [-0.3, -0.25) is 0 Å². The molecular formula is C21H15FO3. The zero-order valence-corrected chi connectivity index (χ0v) is 13.5. The van der Waals surface area contributed by atoms with Gasteiger partial charge in [0.25, 0.3) is 0 Å². The minimum absolute atomic E-state index is 0.0221. The molecular weight excluding hydrogens is 319 g/mol. The second-order valence-electron chi connectivity index (χ2n) is 6.14. The third-order valence-corrected chi connectivity index (χ3v) is 4.56. The molecule has 1 atom stereocenters. The van der Waals surface area contributed by atoms with Crippen molar-refractivity contribution in [2.75, 3.05) is 0 Å². The molecule has 0 fully saturated rings. The molecule has 25 heavy (non-hydrogen) atoms. The average Bonchev–Trinajstić information content (AvgIpc) is 2.90. The molecule has 0 saturated carbocycles. The van der Waals surface area contributed by atoms with Crippen molar-refractivity contribution >= 4 is 5.97 Å². The van der Waals surface area contributed by atoms with Crippen LogP contribution in [0, 0.1) is 12.7 Å². The van der Waals surface area contributed by atoms with Crippen molar-refractivity contribution < 1.29 is 19.0 Å². The van der Waals surface area contributed by atoms with Gasteiger partial charge < -0.3 is 9.84 Å². The minimum atomic E-state index is -1.31. The highest BCUT2D eigenvalue weighted by atomic mass is 19.1. The molecule has 0 unspecified atom stereocenters. The summed E-state index contributed by atoms with van der Waals surface area (Å²) < 4.78 is 19.3. The summed E-state index contributed by atoms with van der Waals surface area (Å²) >= 11 is 0. The van der Waals surface area contributed by atoms with Gasteiger partial charge in [0.05, 0.1) is 5.56 Å². The molecule has 0 aromatic heterocycles.